The Labute approximate surface area is 112 Å². The van der Waals surface area contributed by atoms with E-state index in [4.69, 9.17) is 0 Å². The number of benzene rings is 1. The molecule has 1 saturated heterocycles. The minimum atomic E-state index is -0.551. The number of fused-ring (bicyclic) bond motifs is 1. The second-order valence-electron chi connectivity index (χ2n) is 5.70. The molecule has 1 aliphatic rings. The van der Waals surface area contributed by atoms with Crippen molar-refractivity contribution in [3.63, 3.8) is 0 Å². The van der Waals surface area contributed by atoms with Gasteiger partial charge >= 0.3 is 0 Å². The van der Waals surface area contributed by atoms with Gasteiger partial charge in [-0.15, -0.1) is 0 Å². The summed E-state index contributed by atoms with van der Waals surface area (Å²) in [6, 6.07) is 7.00. The summed E-state index contributed by atoms with van der Waals surface area (Å²) in [5, 5.41) is 10.6. The van der Waals surface area contributed by atoms with Crippen molar-refractivity contribution in [3.8, 4) is 0 Å². The van der Waals surface area contributed by atoms with Gasteiger partial charge < -0.3 is 9.67 Å². The number of aliphatic hydroxyl groups is 1. The van der Waals surface area contributed by atoms with Gasteiger partial charge in [-0.05, 0) is 31.5 Å². The van der Waals surface area contributed by atoms with Gasteiger partial charge in [-0.3, -0.25) is 4.90 Å². The van der Waals surface area contributed by atoms with Crippen molar-refractivity contribution >= 4 is 10.9 Å². The lowest BCUT2D eigenvalue weighted by Gasteiger charge is -2.19. The van der Waals surface area contributed by atoms with E-state index in [1.165, 1.54) is 6.07 Å². The van der Waals surface area contributed by atoms with E-state index in [1.54, 1.807) is 6.07 Å². The first kappa shape index (κ1) is 12.6. The Bertz CT molecular complexity index is 591. The summed E-state index contributed by atoms with van der Waals surface area (Å²) in [5.74, 6) is -0.166. The Morgan fingerprint density at radius 3 is 2.89 bits per heavy atom. The third kappa shape index (κ3) is 2.51. The van der Waals surface area contributed by atoms with E-state index in [1.807, 2.05) is 25.3 Å². The summed E-state index contributed by atoms with van der Waals surface area (Å²) in [4.78, 5) is 2.26. The van der Waals surface area contributed by atoms with Gasteiger partial charge in [0.15, 0.2) is 0 Å². The van der Waals surface area contributed by atoms with Crippen LogP contribution in [-0.2, 0) is 6.54 Å². The molecule has 0 amide bonds. The molecule has 1 aromatic carbocycles. The van der Waals surface area contributed by atoms with E-state index in [0.717, 1.165) is 38.1 Å². The summed E-state index contributed by atoms with van der Waals surface area (Å²) < 4.78 is 15.7. The fourth-order valence-corrected chi connectivity index (χ4v) is 2.86. The zero-order valence-electron chi connectivity index (χ0n) is 11.1. The first-order chi connectivity index (χ1) is 9.05. The van der Waals surface area contributed by atoms with Gasteiger partial charge in [0, 0.05) is 37.8 Å². The highest BCUT2D eigenvalue weighted by atomic mass is 19.1. The van der Waals surface area contributed by atoms with Crippen LogP contribution in [0.25, 0.3) is 10.9 Å². The van der Waals surface area contributed by atoms with Gasteiger partial charge in [-0.2, -0.15) is 0 Å². The maximum absolute atomic E-state index is 13.6. The number of nitrogens with zero attached hydrogens (tertiary/aromatic N) is 2. The van der Waals surface area contributed by atoms with Crippen molar-refractivity contribution in [2.24, 2.45) is 0 Å². The second kappa shape index (κ2) is 4.62. The molecule has 3 rings (SSSR count). The van der Waals surface area contributed by atoms with E-state index in [9.17, 15) is 9.50 Å². The second-order valence-corrected chi connectivity index (χ2v) is 5.70. The monoisotopic (exact) mass is 262 g/mol. The van der Waals surface area contributed by atoms with E-state index < -0.39 is 5.60 Å². The highest BCUT2D eigenvalue weighted by Gasteiger charge is 2.30. The van der Waals surface area contributed by atoms with Crippen molar-refractivity contribution in [2.45, 2.75) is 25.5 Å². The average molecular weight is 262 g/mol. The van der Waals surface area contributed by atoms with E-state index >= 15 is 0 Å². The van der Waals surface area contributed by atoms with Crippen LogP contribution in [0.5, 0.6) is 0 Å². The molecule has 1 atom stereocenters. The molecule has 102 valence electrons. The largest absolute Gasteiger partial charge is 0.389 e. The number of rotatable bonds is 3. The maximum atomic E-state index is 13.6. The van der Waals surface area contributed by atoms with Gasteiger partial charge in [0.05, 0.1) is 11.1 Å². The van der Waals surface area contributed by atoms with Crippen molar-refractivity contribution in [3.05, 3.63) is 36.3 Å². The molecule has 0 bridgehead atoms. The van der Waals surface area contributed by atoms with Crippen molar-refractivity contribution in [1.29, 1.82) is 0 Å². The lowest BCUT2D eigenvalue weighted by atomic mass is 10.1. The van der Waals surface area contributed by atoms with Crippen molar-refractivity contribution in [2.75, 3.05) is 19.6 Å². The predicted octanol–water partition coefficient (Wildman–Crippen LogP) is 2.24. The molecule has 1 aromatic heterocycles. The van der Waals surface area contributed by atoms with Crippen LogP contribution in [0.4, 0.5) is 4.39 Å². The zero-order valence-corrected chi connectivity index (χ0v) is 11.1. The predicted molar refractivity (Wildman–Crippen MR) is 73.6 cm³/mol. The molecule has 0 radical (unpaired) electrons. The molecule has 1 aliphatic heterocycles. The normalized spacial score (nSPS) is 24.4. The topological polar surface area (TPSA) is 28.4 Å². The van der Waals surface area contributed by atoms with Gasteiger partial charge in [-0.25, -0.2) is 4.39 Å². The smallest absolute Gasteiger partial charge is 0.132 e. The van der Waals surface area contributed by atoms with Gasteiger partial charge in [0.1, 0.15) is 5.82 Å². The summed E-state index contributed by atoms with van der Waals surface area (Å²) in [6.07, 6.45) is 2.76. The third-order valence-electron chi connectivity index (χ3n) is 3.95. The Morgan fingerprint density at radius 2 is 2.16 bits per heavy atom. The van der Waals surface area contributed by atoms with Crippen LogP contribution in [0.2, 0.25) is 0 Å². The Balaban J connectivity index is 1.71. The van der Waals surface area contributed by atoms with E-state index in [-0.39, 0.29) is 5.82 Å². The lowest BCUT2D eigenvalue weighted by molar-refractivity contribution is 0.0684. The van der Waals surface area contributed by atoms with Crippen molar-refractivity contribution < 1.29 is 9.50 Å². The van der Waals surface area contributed by atoms with Crippen molar-refractivity contribution in [1.82, 2.24) is 9.47 Å². The first-order valence-electron chi connectivity index (χ1n) is 6.73. The van der Waals surface area contributed by atoms with E-state index in [0.29, 0.717) is 5.39 Å². The number of halogens is 1. The molecule has 1 fully saturated rings. The average Bonchev–Trinajstić information content (AvgIpc) is 2.91. The highest BCUT2D eigenvalue weighted by molar-refractivity contribution is 5.80. The zero-order chi connectivity index (χ0) is 13.5. The molecular weight excluding hydrogens is 243 g/mol. The fourth-order valence-electron chi connectivity index (χ4n) is 2.86. The van der Waals surface area contributed by atoms with Crippen LogP contribution in [0.3, 0.4) is 0 Å². The lowest BCUT2D eigenvalue weighted by Crippen LogP contribution is -2.31. The molecule has 1 unspecified atom stereocenters. The minimum Gasteiger partial charge on any atom is -0.389 e. The molecule has 0 saturated carbocycles. The molecule has 3 nitrogen and oxygen atoms in total. The van der Waals surface area contributed by atoms with Crippen LogP contribution in [-0.4, -0.2) is 39.8 Å². The summed E-state index contributed by atoms with van der Waals surface area (Å²) in [5.41, 5.74) is 0.385. The van der Waals surface area contributed by atoms with E-state index in [2.05, 4.69) is 9.47 Å². The summed E-state index contributed by atoms with van der Waals surface area (Å²) in [7, 11) is 0. The van der Waals surface area contributed by atoms with Crippen LogP contribution in [0, 0.1) is 5.82 Å². The molecular formula is C15H19FN2O. The molecule has 0 spiro atoms. The molecule has 19 heavy (non-hydrogen) atoms. The number of likely N-dealkylation sites (tertiary alicyclic amines) is 1. The third-order valence-corrected chi connectivity index (χ3v) is 3.95. The van der Waals surface area contributed by atoms with Gasteiger partial charge in [-0.1, -0.05) is 6.07 Å². The Kier molecular flexibility index (Phi) is 3.07. The summed E-state index contributed by atoms with van der Waals surface area (Å²) in [6.45, 7) is 5.24. The molecule has 2 aromatic rings. The van der Waals surface area contributed by atoms with Crippen LogP contribution < -0.4 is 0 Å². The Morgan fingerprint density at radius 1 is 1.32 bits per heavy atom. The number of hydrogen-bond acceptors (Lipinski definition) is 2. The molecule has 0 aliphatic carbocycles. The highest BCUT2D eigenvalue weighted by Crippen LogP contribution is 2.21. The Hall–Kier alpha value is -1.39. The number of β-amino-alcohol motifs (C(OH)–C–C–N with tert-alkyl or cyclic N) is 1. The molecule has 2 heterocycles. The summed E-state index contributed by atoms with van der Waals surface area (Å²) >= 11 is 0. The van der Waals surface area contributed by atoms with Gasteiger partial charge in [0.2, 0.25) is 0 Å². The molecule has 1 N–H and O–H groups in total. The van der Waals surface area contributed by atoms with Gasteiger partial charge in [0.25, 0.3) is 0 Å². The number of aromatic nitrogens is 1. The number of hydrogen-bond donors (Lipinski definition) is 1. The minimum absolute atomic E-state index is 0.166. The quantitative estimate of drug-likeness (QED) is 0.919. The SMILES string of the molecule is CC1(O)CCN(CCn2ccc3c(F)cccc32)C1. The maximum Gasteiger partial charge on any atom is 0.132 e. The van der Waals surface area contributed by atoms with Crippen LogP contribution >= 0.6 is 0 Å². The first-order valence-corrected chi connectivity index (χ1v) is 6.73. The standard InChI is InChI=1S/C15H19FN2O/c1-15(19)6-8-17(11-15)9-10-18-7-5-12-13(16)3-2-4-14(12)18/h2-5,7,19H,6,8-11H2,1H3. The van der Waals surface area contributed by atoms with Crippen LogP contribution in [0.15, 0.2) is 30.5 Å². The fraction of sp³-hybridized carbons (Fsp3) is 0.467. The van der Waals surface area contributed by atoms with Crippen LogP contribution in [0.1, 0.15) is 13.3 Å². The molecule has 4 heteroatoms.